The normalized spacial score (nSPS) is 9.89. The van der Waals surface area contributed by atoms with E-state index in [4.69, 9.17) is 11.1 Å². The maximum absolute atomic E-state index is 11.7. The van der Waals surface area contributed by atoms with Gasteiger partial charge in [-0.05, 0) is 18.1 Å². The number of nitrogens with zero attached hydrogens (tertiary/aromatic N) is 1. The summed E-state index contributed by atoms with van der Waals surface area (Å²) in [5.74, 6) is 0.0370. The van der Waals surface area contributed by atoms with Gasteiger partial charge in [0.1, 0.15) is 5.84 Å². The Morgan fingerprint density at radius 3 is 2.83 bits per heavy atom. The van der Waals surface area contributed by atoms with Crippen LogP contribution in [0.4, 0.5) is 4.79 Å². The smallest absolute Gasteiger partial charge is 0.317 e. The van der Waals surface area contributed by atoms with Crippen molar-refractivity contribution in [1.82, 2.24) is 10.2 Å². The predicted molar refractivity (Wildman–Crippen MR) is 72.6 cm³/mol. The molecular weight excluding hydrogens is 228 g/mol. The molecule has 0 heterocycles. The molecule has 0 saturated carbocycles. The molecule has 1 rings (SSSR count). The number of nitrogens with one attached hydrogen (secondary N) is 2. The van der Waals surface area contributed by atoms with Gasteiger partial charge in [0, 0.05) is 25.7 Å². The lowest BCUT2D eigenvalue weighted by molar-refractivity contribution is 0.207. The van der Waals surface area contributed by atoms with E-state index >= 15 is 0 Å². The summed E-state index contributed by atoms with van der Waals surface area (Å²) in [5, 5.41) is 10.2. The van der Waals surface area contributed by atoms with Crippen molar-refractivity contribution in [3.63, 3.8) is 0 Å². The number of hydrogen-bond acceptors (Lipinski definition) is 2. The van der Waals surface area contributed by atoms with Crippen LogP contribution in [0.1, 0.15) is 24.5 Å². The highest BCUT2D eigenvalue weighted by Gasteiger charge is 2.08. The Labute approximate surface area is 107 Å². The summed E-state index contributed by atoms with van der Waals surface area (Å²) in [6.45, 7) is 3.18. The number of rotatable bonds is 5. The molecule has 98 valence electrons. The van der Waals surface area contributed by atoms with Gasteiger partial charge in [0.15, 0.2) is 0 Å². The first-order chi connectivity index (χ1) is 8.54. The van der Waals surface area contributed by atoms with E-state index in [0.29, 0.717) is 18.7 Å². The molecular formula is C13H20N4O. The van der Waals surface area contributed by atoms with Crippen molar-refractivity contribution in [2.45, 2.75) is 19.9 Å². The van der Waals surface area contributed by atoms with Crippen LogP contribution in [0.15, 0.2) is 24.3 Å². The Bertz CT molecular complexity index is 431. The zero-order valence-electron chi connectivity index (χ0n) is 10.9. The van der Waals surface area contributed by atoms with Gasteiger partial charge in [0.2, 0.25) is 0 Å². The number of amides is 2. The Morgan fingerprint density at radius 2 is 2.22 bits per heavy atom. The highest BCUT2D eigenvalue weighted by molar-refractivity contribution is 5.95. The Balaban J connectivity index is 2.63. The lowest BCUT2D eigenvalue weighted by Gasteiger charge is -2.18. The van der Waals surface area contributed by atoms with Crippen LogP contribution in [0.3, 0.4) is 0 Å². The van der Waals surface area contributed by atoms with Crippen molar-refractivity contribution < 1.29 is 4.79 Å². The van der Waals surface area contributed by atoms with Gasteiger partial charge in [-0.25, -0.2) is 4.79 Å². The maximum atomic E-state index is 11.7. The molecule has 5 nitrogen and oxygen atoms in total. The van der Waals surface area contributed by atoms with Crippen LogP contribution in [0, 0.1) is 5.41 Å². The zero-order valence-corrected chi connectivity index (χ0v) is 10.9. The number of hydrogen-bond donors (Lipinski definition) is 3. The number of carbonyl (C=O) groups excluding carboxylic acids is 1. The van der Waals surface area contributed by atoms with Gasteiger partial charge < -0.3 is 16.0 Å². The third-order valence-electron chi connectivity index (χ3n) is 2.53. The number of carbonyl (C=O) groups is 1. The van der Waals surface area contributed by atoms with Gasteiger partial charge in [-0.3, -0.25) is 5.41 Å². The lowest BCUT2D eigenvalue weighted by Crippen LogP contribution is -2.37. The number of benzene rings is 1. The molecule has 1 aromatic carbocycles. The molecule has 0 unspecified atom stereocenters. The van der Waals surface area contributed by atoms with Gasteiger partial charge in [-0.15, -0.1) is 0 Å². The SMILES string of the molecule is CCCNC(=O)N(C)Cc1cccc(C(=N)N)c1. The van der Waals surface area contributed by atoms with Crippen LogP contribution < -0.4 is 11.1 Å². The Kier molecular flexibility index (Phi) is 5.17. The summed E-state index contributed by atoms with van der Waals surface area (Å²) < 4.78 is 0. The van der Waals surface area contributed by atoms with E-state index in [1.807, 2.05) is 25.1 Å². The van der Waals surface area contributed by atoms with Gasteiger partial charge in [0.25, 0.3) is 0 Å². The highest BCUT2D eigenvalue weighted by atomic mass is 16.2. The molecule has 0 aromatic heterocycles. The summed E-state index contributed by atoms with van der Waals surface area (Å²) in [6, 6.07) is 7.26. The third kappa shape index (κ3) is 4.08. The van der Waals surface area contributed by atoms with Crippen LogP contribution in [-0.4, -0.2) is 30.4 Å². The summed E-state index contributed by atoms with van der Waals surface area (Å²) in [7, 11) is 1.74. The number of urea groups is 1. The van der Waals surface area contributed by atoms with E-state index < -0.39 is 0 Å². The molecule has 0 aliphatic rings. The molecule has 0 radical (unpaired) electrons. The van der Waals surface area contributed by atoms with Gasteiger partial charge >= 0.3 is 6.03 Å². The van der Waals surface area contributed by atoms with Gasteiger partial charge in [-0.2, -0.15) is 0 Å². The zero-order chi connectivity index (χ0) is 13.5. The van der Waals surface area contributed by atoms with Crippen molar-refractivity contribution in [2.24, 2.45) is 5.73 Å². The first-order valence-electron chi connectivity index (χ1n) is 5.97. The summed E-state index contributed by atoms with van der Waals surface area (Å²) in [6.07, 6.45) is 0.916. The van der Waals surface area contributed by atoms with Gasteiger partial charge in [-0.1, -0.05) is 25.1 Å². The Morgan fingerprint density at radius 1 is 1.50 bits per heavy atom. The fraction of sp³-hybridized carbons (Fsp3) is 0.385. The van der Waals surface area contributed by atoms with E-state index in [0.717, 1.165) is 12.0 Å². The molecule has 2 amide bonds. The molecule has 0 fully saturated rings. The summed E-state index contributed by atoms with van der Waals surface area (Å²) in [4.78, 5) is 13.3. The lowest BCUT2D eigenvalue weighted by atomic mass is 10.1. The minimum absolute atomic E-state index is 0.0370. The fourth-order valence-corrected chi connectivity index (χ4v) is 1.55. The number of nitrogens with two attached hydrogens (primary N) is 1. The molecule has 5 heteroatoms. The summed E-state index contributed by atoms with van der Waals surface area (Å²) in [5.41, 5.74) is 7.06. The van der Waals surface area contributed by atoms with Gasteiger partial charge in [0.05, 0.1) is 0 Å². The van der Waals surface area contributed by atoms with Crippen molar-refractivity contribution in [2.75, 3.05) is 13.6 Å². The number of amidine groups is 1. The molecule has 1 aromatic rings. The van der Waals surface area contributed by atoms with Crippen molar-refractivity contribution in [1.29, 1.82) is 5.41 Å². The molecule has 0 bridgehead atoms. The van der Waals surface area contributed by atoms with Crippen LogP contribution in [0.25, 0.3) is 0 Å². The number of nitrogen functional groups attached to an aromatic ring is 1. The van der Waals surface area contributed by atoms with Crippen molar-refractivity contribution in [3.8, 4) is 0 Å². The molecule has 0 spiro atoms. The van der Waals surface area contributed by atoms with Crippen LogP contribution >= 0.6 is 0 Å². The van der Waals surface area contributed by atoms with Crippen LogP contribution in [0.2, 0.25) is 0 Å². The molecule has 0 saturated heterocycles. The quantitative estimate of drug-likeness (QED) is 0.545. The van der Waals surface area contributed by atoms with Crippen molar-refractivity contribution in [3.05, 3.63) is 35.4 Å². The van der Waals surface area contributed by atoms with E-state index in [-0.39, 0.29) is 11.9 Å². The topological polar surface area (TPSA) is 82.2 Å². The summed E-state index contributed by atoms with van der Waals surface area (Å²) >= 11 is 0. The molecule has 4 N–H and O–H groups in total. The van der Waals surface area contributed by atoms with Crippen LogP contribution in [-0.2, 0) is 6.54 Å². The predicted octanol–water partition coefficient (Wildman–Crippen LogP) is 1.52. The first kappa shape index (κ1) is 14.0. The largest absolute Gasteiger partial charge is 0.384 e. The standard InChI is InChI=1S/C13H20N4O/c1-3-7-16-13(18)17(2)9-10-5-4-6-11(8-10)12(14)15/h4-6,8H,3,7,9H2,1-2H3,(H3,14,15)(H,16,18). The van der Waals surface area contributed by atoms with E-state index in [1.165, 1.54) is 0 Å². The molecule has 0 aliphatic carbocycles. The van der Waals surface area contributed by atoms with Crippen molar-refractivity contribution >= 4 is 11.9 Å². The van der Waals surface area contributed by atoms with E-state index in [9.17, 15) is 4.79 Å². The average Bonchev–Trinajstić information content (AvgIpc) is 2.36. The fourth-order valence-electron chi connectivity index (χ4n) is 1.55. The first-order valence-corrected chi connectivity index (χ1v) is 5.97. The highest BCUT2D eigenvalue weighted by Crippen LogP contribution is 2.07. The molecule has 0 aliphatic heterocycles. The van der Waals surface area contributed by atoms with E-state index in [2.05, 4.69) is 5.32 Å². The second-order valence-corrected chi connectivity index (χ2v) is 4.20. The second-order valence-electron chi connectivity index (χ2n) is 4.20. The third-order valence-corrected chi connectivity index (χ3v) is 2.53. The molecule has 0 atom stereocenters. The average molecular weight is 248 g/mol. The maximum Gasteiger partial charge on any atom is 0.317 e. The minimum Gasteiger partial charge on any atom is -0.384 e. The minimum atomic E-state index is -0.0925. The second kappa shape index (κ2) is 6.64. The Hall–Kier alpha value is -2.04. The van der Waals surface area contributed by atoms with Crippen LogP contribution in [0.5, 0.6) is 0 Å². The van der Waals surface area contributed by atoms with E-state index in [1.54, 1.807) is 18.0 Å². The monoisotopic (exact) mass is 248 g/mol. The molecule has 18 heavy (non-hydrogen) atoms.